The molecule has 5 rings (SSSR count). The van der Waals surface area contributed by atoms with Crippen molar-refractivity contribution in [1.82, 2.24) is 4.57 Å². The lowest BCUT2D eigenvalue weighted by molar-refractivity contribution is -0.671. The number of imidazole rings is 1. The molecule has 0 saturated carbocycles. The van der Waals surface area contributed by atoms with Crippen molar-refractivity contribution in [2.45, 2.75) is 32.2 Å². The topological polar surface area (TPSA) is 8.81 Å². The van der Waals surface area contributed by atoms with Crippen molar-refractivity contribution in [3.8, 4) is 17.1 Å². The number of aromatic nitrogens is 2. The van der Waals surface area contributed by atoms with Gasteiger partial charge >= 0.3 is 0 Å². The Kier molecular flexibility index (Phi) is 3.30. The fourth-order valence-electron chi connectivity index (χ4n) is 4.44. The average Bonchev–Trinajstić information content (AvgIpc) is 3.03. The van der Waals surface area contributed by atoms with E-state index in [-0.39, 0.29) is 5.41 Å². The fraction of sp³-hybridized carbons (Fsp3) is 0.208. The number of rotatable bonds is 2. The molecule has 128 valence electrons. The molecule has 0 saturated heterocycles. The van der Waals surface area contributed by atoms with Gasteiger partial charge in [0, 0.05) is 5.41 Å². The molecule has 2 nitrogen and oxygen atoms in total. The largest absolute Gasteiger partial charge is 0.295 e. The zero-order chi connectivity index (χ0) is 17.7. The Morgan fingerprint density at radius 1 is 0.885 bits per heavy atom. The maximum Gasteiger partial charge on any atom is 0.295 e. The summed E-state index contributed by atoms with van der Waals surface area (Å²) in [7, 11) is 0. The van der Waals surface area contributed by atoms with Crippen molar-refractivity contribution in [2.75, 3.05) is 0 Å². The number of nitrogens with zero attached hydrogens (tertiary/aromatic N) is 2. The minimum Gasteiger partial charge on any atom is -0.222 e. The Labute approximate surface area is 154 Å². The SMILES string of the molecule is CCC1(C)C[n+]2c(n(-c3ccccc3)c3ccccc32)-c2ccccc21. The molecule has 0 spiro atoms. The van der Waals surface area contributed by atoms with E-state index in [1.807, 2.05) is 0 Å². The van der Waals surface area contributed by atoms with Gasteiger partial charge in [0.05, 0.1) is 5.56 Å². The van der Waals surface area contributed by atoms with Crippen molar-refractivity contribution in [3.05, 3.63) is 84.4 Å². The van der Waals surface area contributed by atoms with Crippen LogP contribution in [0.15, 0.2) is 78.9 Å². The molecule has 0 amide bonds. The molecule has 1 atom stereocenters. The van der Waals surface area contributed by atoms with Gasteiger partial charge in [-0.2, -0.15) is 4.57 Å². The molecule has 1 aliphatic heterocycles. The number of hydrogen-bond acceptors (Lipinski definition) is 0. The van der Waals surface area contributed by atoms with E-state index in [0.717, 1.165) is 13.0 Å². The van der Waals surface area contributed by atoms with Crippen LogP contribution >= 0.6 is 0 Å². The molecule has 1 unspecified atom stereocenters. The summed E-state index contributed by atoms with van der Waals surface area (Å²) in [6.45, 7) is 5.71. The van der Waals surface area contributed by atoms with Crippen LogP contribution in [-0.4, -0.2) is 4.57 Å². The predicted molar refractivity (Wildman–Crippen MR) is 107 cm³/mol. The Bertz CT molecular complexity index is 1110. The van der Waals surface area contributed by atoms with Crippen LogP contribution in [0.3, 0.4) is 0 Å². The number of benzene rings is 3. The summed E-state index contributed by atoms with van der Waals surface area (Å²) in [4.78, 5) is 0. The first-order chi connectivity index (χ1) is 12.7. The molecule has 0 N–H and O–H groups in total. The van der Waals surface area contributed by atoms with Crippen LogP contribution in [-0.2, 0) is 12.0 Å². The highest BCUT2D eigenvalue weighted by Gasteiger charge is 2.41. The van der Waals surface area contributed by atoms with Crippen molar-refractivity contribution in [1.29, 1.82) is 0 Å². The van der Waals surface area contributed by atoms with Crippen LogP contribution in [0.25, 0.3) is 28.1 Å². The molecular weight excluding hydrogens is 316 g/mol. The second-order valence-electron chi connectivity index (χ2n) is 7.53. The molecule has 3 aromatic carbocycles. The summed E-state index contributed by atoms with van der Waals surface area (Å²) in [6.07, 6.45) is 1.13. The third-order valence-electron chi connectivity index (χ3n) is 6.00. The van der Waals surface area contributed by atoms with Gasteiger partial charge < -0.3 is 0 Å². The molecule has 2 heterocycles. The predicted octanol–water partition coefficient (Wildman–Crippen LogP) is 5.27. The molecule has 2 heteroatoms. The fourth-order valence-corrected chi connectivity index (χ4v) is 4.44. The zero-order valence-corrected chi connectivity index (χ0v) is 15.3. The first kappa shape index (κ1) is 15.4. The van der Waals surface area contributed by atoms with E-state index in [0.29, 0.717) is 0 Å². The van der Waals surface area contributed by atoms with Crippen LogP contribution in [0, 0.1) is 0 Å². The first-order valence-electron chi connectivity index (χ1n) is 9.41. The van der Waals surface area contributed by atoms with E-state index in [1.165, 1.54) is 33.7 Å². The van der Waals surface area contributed by atoms with Gasteiger partial charge in [-0.05, 0) is 42.3 Å². The average molecular weight is 339 g/mol. The molecule has 0 aliphatic carbocycles. The highest BCUT2D eigenvalue weighted by Crippen LogP contribution is 2.41. The van der Waals surface area contributed by atoms with Crippen molar-refractivity contribution < 1.29 is 4.57 Å². The van der Waals surface area contributed by atoms with Gasteiger partial charge in [0.25, 0.3) is 5.82 Å². The van der Waals surface area contributed by atoms with Crippen molar-refractivity contribution in [2.24, 2.45) is 0 Å². The lowest BCUT2D eigenvalue weighted by Crippen LogP contribution is -2.49. The van der Waals surface area contributed by atoms with Gasteiger partial charge in [0.1, 0.15) is 12.2 Å². The zero-order valence-electron chi connectivity index (χ0n) is 15.3. The summed E-state index contributed by atoms with van der Waals surface area (Å²) in [6, 6.07) is 28.4. The number of fused-ring (bicyclic) bond motifs is 5. The number of hydrogen-bond donors (Lipinski definition) is 0. The molecule has 0 radical (unpaired) electrons. The van der Waals surface area contributed by atoms with Crippen LogP contribution in [0.1, 0.15) is 25.8 Å². The second kappa shape index (κ2) is 5.57. The van der Waals surface area contributed by atoms with E-state index in [4.69, 9.17) is 0 Å². The first-order valence-corrected chi connectivity index (χ1v) is 9.41. The van der Waals surface area contributed by atoms with E-state index < -0.39 is 0 Å². The number of para-hydroxylation sites is 3. The molecule has 4 aromatic rings. The lowest BCUT2D eigenvalue weighted by atomic mass is 9.75. The van der Waals surface area contributed by atoms with Gasteiger partial charge in [-0.1, -0.05) is 62.4 Å². The van der Waals surface area contributed by atoms with Crippen LogP contribution in [0.2, 0.25) is 0 Å². The summed E-state index contributed by atoms with van der Waals surface area (Å²) in [5.74, 6) is 1.29. The van der Waals surface area contributed by atoms with Crippen LogP contribution in [0.4, 0.5) is 0 Å². The van der Waals surface area contributed by atoms with E-state index in [2.05, 4.69) is 102 Å². The van der Waals surface area contributed by atoms with Crippen LogP contribution in [0.5, 0.6) is 0 Å². The summed E-state index contributed by atoms with van der Waals surface area (Å²) in [5, 5.41) is 0. The standard InChI is InChI=1S/C24H23N2/c1-3-24(2)17-25-21-15-9-10-16-22(21)26(18-11-5-4-6-12-18)23(25)19-13-7-8-14-20(19)24/h4-16H,3,17H2,1-2H3/q+1. The van der Waals surface area contributed by atoms with E-state index in [9.17, 15) is 0 Å². The highest BCUT2D eigenvalue weighted by molar-refractivity contribution is 5.80. The second-order valence-corrected chi connectivity index (χ2v) is 7.53. The molecule has 1 aromatic heterocycles. The Morgan fingerprint density at radius 3 is 2.38 bits per heavy atom. The van der Waals surface area contributed by atoms with Gasteiger partial charge in [-0.25, -0.2) is 4.57 Å². The van der Waals surface area contributed by atoms with Gasteiger partial charge in [0.15, 0.2) is 11.0 Å². The maximum absolute atomic E-state index is 2.52. The quantitative estimate of drug-likeness (QED) is 0.440. The van der Waals surface area contributed by atoms with Gasteiger partial charge in [0.2, 0.25) is 0 Å². The minimum atomic E-state index is 0.153. The summed E-state index contributed by atoms with van der Waals surface area (Å²) in [5.41, 5.74) is 6.75. The smallest absolute Gasteiger partial charge is 0.222 e. The molecule has 0 fully saturated rings. The monoisotopic (exact) mass is 339 g/mol. The van der Waals surface area contributed by atoms with Gasteiger partial charge in [-0.3, -0.25) is 0 Å². The normalized spacial score (nSPS) is 18.5. The maximum atomic E-state index is 2.52. The minimum absolute atomic E-state index is 0.153. The third kappa shape index (κ3) is 2.02. The van der Waals surface area contributed by atoms with Gasteiger partial charge in [-0.15, -0.1) is 0 Å². The Balaban J connectivity index is 1.94. The molecule has 0 bridgehead atoms. The van der Waals surface area contributed by atoms with E-state index >= 15 is 0 Å². The summed E-state index contributed by atoms with van der Waals surface area (Å²) < 4.78 is 4.94. The summed E-state index contributed by atoms with van der Waals surface area (Å²) >= 11 is 0. The molecule has 26 heavy (non-hydrogen) atoms. The lowest BCUT2D eigenvalue weighted by Gasteiger charge is -2.32. The Hall–Kier alpha value is -2.87. The van der Waals surface area contributed by atoms with Crippen molar-refractivity contribution >= 4 is 11.0 Å². The molecular formula is C24H23N2+. The third-order valence-corrected chi connectivity index (χ3v) is 6.00. The Morgan fingerprint density at radius 2 is 1.58 bits per heavy atom. The molecule has 1 aliphatic rings. The van der Waals surface area contributed by atoms with Crippen LogP contribution < -0.4 is 4.57 Å². The van der Waals surface area contributed by atoms with Crippen molar-refractivity contribution in [3.63, 3.8) is 0 Å². The highest BCUT2D eigenvalue weighted by atomic mass is 15.2. The van der Waals surface area contributed by atoms with E-state index in [1.54, 1.807) is 0 Å².